The highest BCUT2D eigenvalue weighted by atomic mass is 16.6. The monoisotopic (exact) mass is 370 g/mol. The maximum Gasteiger partial charge on any atom is 0.410 e. The molecule has 0 radical (unpaired) electrons. The molecule has 2 heterocycles. The van der Waals surface area contributed by atoms with Gasteiger partial charge in [-0.25, -0.2) is 4.79 Å². The third-order valence-electron chi connectivity index (χ3n) is 4.79. The molecule has 0 bridgehead atoms. The normalized spacial score (nSPS) is 15.7. The molecule has 0 aliphatic carbocycles. The fraction of sp³-hybridized carbons (Fsp3) is 0.500. The molecule has 1 N–H and O–H groups in total. The number of hydrogen-bond donors (Lipinski definition) is 1. The molecule has 1 aliphatic rings. The summed E-state index contributed by atoms with van der Waals surface area (Å²) in [5.41, 5.74) is 1.93. The van der Waals surface area contributed by atoms with E-state index < -0.39 is 5.60 Å². The highest BCUT2D eigenvalue weighted by Gasteiger charge is 2.26. The first-order valence-corrected chi connectivity index (χ1v) is 9.72. The van der Waals surface area contributed by atoms with E-state index in [9.17, 15) is 4.79 Å². The molecule has 0 atom stereocenters. The van der Waals surface area contributed by atoms with Crippen molar-refractivity contribution in [2.75, 3.05) is 19.6 Å². The van der Waals surface area contributed by atoms with E-state index in [2.05, 4.69) is 29.6 Å². The Labute approximate surface area is 161 Å². The number of carbonyl (C=O) groups excluding carboxylic acids is 1. The van der Waals surface area contributed by atoms with Crippen molar-refractivity contribution in [3.8, 4) is 11.3 Å². The van der Waals surface area contributed by atoms with Gasteiger partial charge in [0.2, 0.25) is 0 Å². The minimum atomic E-state index is -0.429. The molecule has 0 unspecified atom stereocenters. The van der Waals surface area contributed by atoms with Crippen molar-refractivity contribution in [1.82, 2.24) is 10.2 Å². The molecule has 1 saturated heterocycles. The summed E-state index contributed by atoms with van der Waals surface area (Å²) >= 11 is 0. The van der Waals surface area contributed by atoms with Gasteiger partial charge in [0.1, 0.15) is 11.4 Å². The summed E-state index contributed by atoms with van der Waals surface area (Å²) in [4.78, 5) is 13.9. The molecular formula is C22H30N2O3. The zero-order valence-corrected chi connectivity index (χ0v) is 16.5. The molecule has 1 fully saturated rings. The second-order valence-electron chi connectivity index (χ2n) is 8.22. The maximum absolute atomic E-state index is 12.1. The highest BCUT2D eigenvalue weighted by Crippen LogP contribution is 2.21. The second-order valence-corrected chi connectivity index (χ2v) is 8.22. The average molecular weight is 370 g/mol. The first-order chi connectivity index (χ1) is 12.9. The average Bonchev–Trinajstić information content (AvgIpc) is 3.16. The Balaban J connectivity index is 1.37. The third-order valence-corrected chi connectivity index (χ3v) is 4.79. The van der Waals surface area contributed by atoms with Gasteiger partial charge in [0.05, 0.1) is 6.26 Å². The minimum Gasteiger partial charge on any atom is -0.464 e. The Morgan fingerprint density at radius 3 is 2.48 bits per heavy atom. The van der Waals surface area contributed by atoms with Crippen LogP contribution in [-0.2, 0) is 11.3 Å². The van der Waals surface area contributed by atoms with Gasteiger partial charge in [-0.05, 0) is 63.8 Å². The van der Waals surface area contributed by atoms with Gasteiger partial charge in [-0.15, -0.1) is 0 Å². The smallest absolute Gasteiger partial charge is 0.410 e. The van der Waals surface area contributed by atoms with Crippen LogP contribution >= 0.6 is 0 Å². The zero-order valence-electron chi connectivity index (χ0n) is 16.5. The van der Waals surface area contributed by atoms with Crippen LogP contribution in [0.1, 0.15) is 39.2 Å². The predicted molar refractivity (Wildman–Crippen MR) is 106 cm³/mol. The summed E-state index contributed by atoms with van der Waals surface area (Å²) in [6.07, 6.45) is 3.54. The molecule has 0 spiro atoms. The fourth-order valence-corrected chi connectivity index (χ4v) is 3.30. The van der Waals surface area contributed by atoms with Crippen LogP contribution in [0, 0.1) is 5.92 Å². The van der Waals surface area contributed by atoms with Crippen LogP contribution in [0.3, 0.4) is 0 Å². The number of amides is 1. The van der Waals surface area contributed by atoms with Gasteiger partial charge < -0.3 is 19.4 Å². The van der Waals surface area contributed by atoms with Gasteiger partial charge >= 0.3 is 6.09 Å². The van der Waals surface area contributed by atoms with E-state index in [0.29, 0.717) is 5.92 Å². The SMILES string of the molecule is CC(C)(C)OC(=O)N1CCC(CNCc2ccc(-c3ccco3)cc2)CC1. The Kier molecular flexibility index (Phi) is 6.22. The van der Waals surface area contributed by atoms with Crippen molar-refractivity contribution in [1.29, 1.82) is 0 Å². The molecular weight excluding hydrogens is 340 g/mol. The number of carbonyl (C=O) groups is 1. The summed E-state index contributed by atoms with van der Waals surface area (Å²) in [6.45, 7) is 9.10. The highest BCUT2D eigenvalue weighted by molar-refractivity contribution is 5.68. The number of rotatable bonds is 5. The summed E-state index contributed by atoms with van der Waals surface area (Å²) in [7, 11) is 0. The van der Waals surface area contributed by atoms with Crippen LogP contribution in [0.2, 0.25) is 0 Å². The van der Waals surface area contributed by atoms with Crippen molar-refractivity contribution in [2.45, 2.75) is 45.8 Å². The number of furan rings is 1. The Morgan fingerprint density at radius 1 is 1.19 bits per heavy atom. The molecule has 3 rings (SSSR count). The predicted octanol–water partition coefficient (Wildman–Crippen LogP) is 4.68. The lowest BCUT2D eigenvalue weighted by molar-refractivity contribution is 0.0184. The molecule has 5 nitrogen and oxygen atoms in total. The minimum absolute atomic E-state index is 0.189. The van der Waals surface area contributed by atoms with E-state index in [1.165, 1.54) is 5.56 Å². The Hall–Kier alpha value is -2.27. The summed E-state index contributed by atoms with van der Waals surface area (Å²) in [6, 6.07) is 12.3. The van der Waals surface area contributed by atoms with Crippen LogP contribution in [0.15, 0.2) is 47.1 Å². The lowest BCUT2D eigenvalue weighted by atomic mass is 9.97. The van der Waals surface area contributed by atoms with Crippen LogP contribution in [0.5, 0.6) is 0 Å². The number of hydrogen-bond acceptors (Lipinski definition) is 4. The molecule has 1 aromatic carbocycles. The third kappa shape index (κ3) is 5.86. The Bertz CT molecular complexity index is 709. The topological polar surface area (TPSA) is 54.7 Å². The number of benzene rings is 1. The number of ether oxygens (including phenoxy) is 1. The first-order valence-electron chi connectivity index (χ1n) is 9.72. The molecule has 146 valence electrons. The molecule has 5 heteroatoms. The molecule has 1 aromatic heterocycles. The van der Waals surface area contributed by atoms with E-state index in [1.807, 2.05) is 37.8 Å². The van der Waals surface area contributed by atoms with Gasteiger partial charge in [-0.3, -0.25) is 0 Å². The summed E-state index contributed by atoms with van der Waals surface area (Å²) in [5.74, 6) is 1.50. The quantitative estimate of drug-likeness (QED) is 0.830. The standard InChI is InChI=1S/C22H30N2O3/c1-22(2,3)27-21(25)24-12-10-18(11-13-24)16-23-15-17-6-8-19(9-7-17)20-5-4-14-26-20/h4-9,14,18,23H,10-13,15-16H2,1-3H3. The lowest BCUT2D eigenvalue weighted by Gasteiger charge is -2.33. The zero-order chi connectivity index (χ0) is 19.3. The first kappa shape index (κ1) is 19.5. The van der Waals surface area contributed by atoms with Gasteiger partial charge in [0.15, 0.2) is 0 Å². The number of piperidine rings is 1. The van der Waals surface area contributed by atoms with Crippen LogP contribution < -0.4 is 5.32 Å². The van der Waals surface area contributed by atoms with Crippen LogP contribution in [0.4, 0.5) is 4.79 Å². The van der Waals surface area contributed by atoms with Gasteiger partial charge in [0, 0.05) is 25.2 Å². The number of nitrogens with one attached hydrogen (secondary N) is 1. The lowest BCUT2D eigenvalue weighted by Crippen LogP contribution is -2.43. The molecule has 0 saturated carbocycles. The van der Waals surface area contributed by atoms with Gasteiger partial charge in [-0.1, -0.05) is 24.3 Å². The number of nitrogens with zero attached hydrogens (tertiary/aromatic N) is 1. The molecule has 27 heavy (non-hydrogen) atoms. The van der Waals surface area contributed by atoms with Crippen molar-refractivity contribution < 1.29 is 13.9 Å². The fourth-order valence-electron chi connectivity index (χ4n) is 3.30. The molecule has 1 amide bonds. The number of likely N-dealkylation sites (tertiary alicyclic amines) is 1. The van der Waals surface area contributed by atoms with E-state index in [-0.39, 0.29) is 6.09 Å². The second kappa shape index (κ2) is 8.61. The Morgan fingerprint density at radius 2 is 1.89 bits per heavy atom. The van der Waals surface area contributed by atoms with Crippen molar-refractivity contribution in [3.05, 3.63) is 48.2 Å². The van der Waals surface area contributed by atoms with E-state index in [0.717, 1.165) is 50.3 Å². The maximum atomic E-state index is 12.1. The van der Waals surface area contributed by atoms with Crippen molar-refractivity contribution in [3.63, 3.8) is 0 Å². The van der Waals surface area contributed by atoms with E-state index in [1.54, 1.807) is 6.26 Å². The summed E-state index contributed by atoms with van der Waals surface area (Å²) < 4.78 is 10.9. The van der Waals surface area contributed by atoms with Crippen LogP contribution in [0.25, 0.3) is 11.3 Å². The van der Waals surface area contributed by atoms with Crippen LogP contribution in [-0.4, -0.2) is 36.2 Å². The summed E-state index contributed by atoms with van der Waals surface area (Å²) in [5, 5.41) is 3.55. The largest absolute Gasteiger partial charge is 0.464 e. The molecule has 1 aliphatic heterocycles. The van der Waals surface area contributed by atoms with E-state index in [4.69, 9.17) is 9.15 Å². The van der Waals surface area contributed by atoms with E-state index >= 15 is 0 Å². The van der Waals surface area contributed by atoms with Crippen molar-refractivity contribution >= 4 is 6.09 Å². The molecule has 2 aromatic rings. The van der Waals surface area contributed by atoms with Crippen molar-refractivity contribution in [2.24, 2.45) is 5.92 Å². The van der Waals surface area contributed by atoms with Gasteiger partial charge in [0.25, 0.3) is 0 Å². The van der Waals surface area contributed by atoms with Gasteiger partial charge in [-0.2, -0.15) is 0 Å².